The maximum absolute atomic E-state index is 11.6. The van der Waals surface area contributed by atoms with Crippen LogP contribution in [0.4, 0.5) is 5.82 Å². The molecule has 2 rings (SSSR count). The average Bonchev–Trinajstić information content (AvgIpc) is 2.75. The summed E-state index contributed by atoms with van der Waals surface area (Å²) in [4.78, 5) is 15.7. The molecule has 0 atom stereocenters. The Hall–Kier alpha value is -2.81. The number of imidazole rings is 1. The fraction of sp³-hybridized carbons (Fsp3) is 0.214. The molecule has 2 N–H and O–H groups in total. The van der Waals surface area contributed by atoms with Gasteiger partial charge < -0.3 is 10.5 Å². The lowest BCUT2D eigenvalue weighted by molar-refractivity contribution is 0.0596. The molecule has 0 radical (unpaired) electrons. The first-order valence-corrected chi connectivity index (χ1v) is 5.98. The van der Waals surface area contributed by atoms with Gasteiger partial charge in [-0.3, -0.25) is 4.57 Å². The third-order valence-corrected chi connectivity index (χ3v) is 2.94. The van der Waals surface area contributed by atoms with Crippen molar-refractivity contribution in [2.45, 2.75) is 13.3 Å². The highest BCUT2D eigenvalue weighted by atomic mass is 16.5. The number of carbonyl (C=O) groups is 1. The summed E-state index contributed by atoms with van der Waals surface area (Å²) < 4.78 is 6.31. The molecule has 2 aromatic rings. The number of benzene rings is 1. The molecule has 1 heterocycles. The Morgan fingerprint density at radius 1 is 1.45 bits per heavy atom. The molecule has 0 aliphatic heterocycles. The Bertz CT molecular complexity index is 680. The maximum atomic E-state index is 11.6. The topological polar surface area (TPSA) is 93.9 Å². The number of esters is 1. The molecule has 1 aromatic carbocycles. The van der Waals surface area contributed by atoms with Crippen molar-refractivity contribution in [3.63, 3.8) is 0 Å². The van der Waals surface area contributed by atoms with Gasteiger partial charge in [0.1, 0.15) is 11.6 Å². The van der Waals surface area contributed by atoms with E-state index in [2.05, 4.69) is 15.8 Å². The zero-order chi connectivity index (χ0) is 14.7. The van der Waals surface area contributed by atoms with Crippen molar-refractivity contribution in [2.24, 2.45) is 0 Å². The molecule has 0 amide bonds. The zero-order valence-corrected chi connectivity index (χ0v) is 11.3. The molecule has 0 saturated heterocycles. The predicted molar refractivity (Wildman–Crippen MR) is 73.4 cm³/mol. The quantitative estimate of drug-likeness (QED) is 0.855. The van der Waals surface area contributed by atoms with Crippen molar-refractivity contribution in [1.82, 2.24) is 9.55 Å². The second-order valence-electron chi connectivity index (χ2n) is 4.22. The van der Waals surface area contributed by atoms with Crippen LogP contribution in [-0.2, 0) is 11.2 Å². The number of rotatable bonds is 3. The van der Waals surface area contributed by atoms with Crippen LogP contribution >= 0.6 is 0 Å². The third-order valence-electron chi connectivity index (χ3n) is 2.94. The standard InChI is InChI=1S/C14H14N4O2/c1-9-17-12(14(19)20-2)13(16)18(9)11-5-3-10(4-6-11)7-8-15/h3-6H,7,16H2,1-2H3. The summed E-state index contributed by atoms with van der Waals surface area (Å²) >= 11 is 0. The Balaban J connectivity index is 2.45. The summed E-state index contributed by atoms with van der Waals surface area (Å²) in [6.45, 7) is 1.76. The number of nitrogens with two attached hydrogens (primary N) is 1. The lowest BCUT2D eigenvalue weighted by Crippen LogP contribution is -2.07. The Labute approximate surface area is 116 Å². The lowest BCUT2D eigenvalue weighted by Gasteiger charge is -2.08. The van der Waals surface area contributed by atoms with Crippen LogP contribution < -0.4 is 5.73 Å². The van der Waals surface area contributed by atoms with Gasteiger partial charge in [-0.2, -0.15) is 5.26 Å². The van der Waals surface area contributed by atoms with Gasteiger partial charge >= 0.3 is 5.97 Å². The van der Waals surface area contributed by atoms with E-state index in [1.165, 1.54) is 7.11 Å². The SMILES string of the molecule is COC(=O)c1nc(C)n(-c2ccc(CC#N)cc2)c1N. The molecule has 6 heteroatoms. The minimum atomic E-state index is -0.564. The van der Waals surface area contributed by atoms with Gasteiger partial charge in [-0.1, -0.05) is 12.1 Å². The third kappa shape index (κ3) is 2.34. The molecule has 0 unspecified atom stereocenters. The van der Waals surface area contributed by atoms with E-state index in [-0.39, 0.29) is 11.5 Å². The van der Waals surface area contributed by atoms with E-state index in [0.717, 1.165) is 11.3 Å². The highest BCUT2D eigenvalue weighted by molar-refractivity contribution is 5.92. The van der Waals surface area contributed by atoms with Gasteiger partial charge in [0.25, 0.3) is 0 Å². The molecule has 0 fully saturated rings. The Morgan fingerprint density at radius 3 is 2.65 bits per heavy atom. The van der Waals surface area contributed by atoms with Crippen LogP contribution in [0.3, 0.4) is 0 Å². The number of nitrogens with zero attached hydrogens (tertiary/aromatic N) is 3. The van der Waals surface area contributed by atoms with Crippen LogP contribution in [0.5, 0.6) is 0 Å². The fourth-order valence-electron chi connectivity index (χ4n) is 1.98. The average molecular weight is 270 g/mol. The second kappa shape index (κ2) is 5.45. The number of anilines is 1. The zero-order valence-electron chi connectivity index (χ0n) is 11.3. The van der Waals surface area contributed by atoms with E-state index >= 15 is 0 Å². The Kier molecular flexibility index (Phi) is 3.71. The van der Waals surface area contributed by atoms with Gasteiger partial charge in [0, 0.05) is 5.69 Å². The van der Waals surface area contributed by atoms with Crippen LogP contribution in [-0.4, -0.2) is 22.6 Å². The van der Waals surface area contributed by atoms with Crippen molar-refractivity contribution in [2.75, 3.05) is 12.8 Å². The second-order valence-corrected chi connectivity index (χ2v) is 4.22. The van der Waals surface area contributed by atoms with E-state index in [4.69, 9.17) is 11.0 Å². The van der Waals surface area contributed by atoms with E-state index in [1.807, 2.05) is 24.3 Å². The molecule has 0 aliphatic rings. The fourth-order valence-corrected chi connectivity index (χ4v) is 1.98. The molecular formula is C14H14N4O2. The number of ether oxygens (including phenoxy) is 1. The van der Waals surface area contributed by atoms with E-state index < -0.39 is 5.97 Å². The van der Waals surface area contributed by atoms with Crippen molar-refractivity contribution in [3.05, 3.63) is 41.3 Å². The first-order valence-electron chi connectivity index (χ1n) is 5.98. The first kappa shape index (κ1) is 13.6. The molecule has 0 bridgehead atoms. The van der Waals surface area contributed by atoms with Gasteiger partial charge in [-0.15, -0.1) is 0 Å². The summed E-state index contributed by atoms with van der Waals surface area (Å²) in [5.74, 6) is 0.267. The van der Waals surface area contributed by atoms with Crippen molar-refractivity contribution in [3.8, 4) is 11.8 Å². The summed E-state index contributed by atoms with van der Waals surface area (Å²) in [6, 6.07) is 9.44. The van der Waals surface area contributed by atoms with Gasteiger partial charge in [-0.05, 0) is 24.6 Å². The molecule has 6 nitrogen and oxygen atoms in total. The number of nitriles is 1. The number of methoxy groups -OCH3 is 1. The molecule has 0 spiro atoms. The predicted octanol–water partition coefficient (Wildman–Crippen LogP) is 1.62. The number of carbonyl (C=O) groups excluding carboxylic acids is 1. The van der Waals surface area contributed by atoms with Crippen LogP contribution in [0.25, 0.3) is 5.69 Å². The monoisotopic (exact) mass is 270 g/mol. The van der Waals surface area contributed by atoms with E-state index in [9.17, 15) is 4.79 Å². The summed E-state index contributed by atoms with van der Waals surface area (Å²) in [5, 5.41) is 8.65. The van der Waals surface area contributed by atoms with Gasteiger partial charge in [-0.25, -0.2) is 9.78 Å². The minimum absolute atomic E-state index is 0.103. The largest absolute Gasteiger partial charge is 0.464 e. The first-order chi connectivity index (χ1) is 9.58. The highest BCUT2D eigenvalue weighted by Gasteiger charge is 2.19. The van der Waals surface area contributed by atoms with E-state index in [1.54, 1.807) is 11.5 Å². The molecular weight excluding hydrogens is 256 g/mol. The molecule has 1 aromatic heterocycles. The molecule has 0 aliphatic carbocycles. The minimum Gasteiger partial charge on any atom is -0.464 e. The number of aryl methyl sites for hydroxylation is 1. The van der Waals surface area contributed by atoms with Gasteiger partial charge in [0.2, 0.25) is 0 Å². The molecule has 20 heavy (non-hydrogen) atoms. The smallest absolute Gasteiger partial charge is 0.360 e. The van der Waals surface area contributed by atoms with Crippen molar-refractivity contribution >= 4 is 11.8 Å². The Morgan fingerprint density at radius 2 is 2.10 bits per heavy atom. The van der Waals surface area contributed by atoms with Crippen LogP contribution in [0.15, 0.2) is 24.3 Å². The summed E-state index contributed by atoms with van der Waals surface area (Å²) in [6.07, 6.45) is 0.353. The summed E-state index contributed by atoms with van der Waals surface area (Å²) in [5.41, 5.74) is 7.76. The maximum Gasteiger partial charge on any atom is 0.360 e. The van der Waals surface area contributed by atoms with Gasteiger partial charge in [0.05, 0.1) is 19.6 Å². The lowest BCUT2D eigenvalue weighted by atomic mass is 10.1. The van der Waals surface area contributed by atoms with E-state index in [0.29, 0.717) is 12.2 Å². The number of aromatic nitrogens is 2. The van der Waals surface area contributed by atoms with Gasteiger partial charge in [0.15, 0.2) is 5.69 Å². The number of nitrogen functional groups attached to an aromatic ring is 1. The number of hydrogen-bond donors (Lipinski definition) is 1. The summed E-state index contributed by atoms with van der Waals surface area (Å²) in [7, 11) is 1.28. The van der Waals surface area contributed by atoms with Crippen LogP contribution in [0.1, 0.15) is 21.9 Å². The molecule has 0 saturated carbocycles. The normalized spacial score (nSPS) is 10.1. The van der Waals surface area contributed by atoms with Crippen molar-refractivity contribution < 1.29 is 9.53 Å². The molecule has 102 valence electrons. The highest BCUT2D eigenvalue weighted by Crippen LogP contribution is 2.21. The number of hydrogen-bond acceptors (Lipinski definition) is 5. The van der Waals surface area contributed by atoms with Crippen LogP contribution in [0.2, 0.25) is 0 Å². The van der Waals surface area contributed by atoms with Crippen molar-refractivity contribution in [1.29, 1.82) is 5.26 Å². The van der Waals surface area contributed by atoms with Crippen LogP contribution in [0, 0.1) is 18.3 Å².